The fourth-order valence-corrected chi connectivity index (χ4v) is 3.53. The van der Waals surface area contributed by atoms with E-state index in [0.29, 0.717) is 12.1 Å². The number of alkyl halides is 4. The molecule has 1 aliphatic heterocycles. The highest BCUT2D eigenvalue weighted by molar-refractivity contribution is 6.31. The van der Waals surface area contributed by atoms with E-state index in [1.54, 1.807) is 0 Å². The zero-order valence-corrected chi connectivity index (χ0v) is 17.2. The molecule has 1 aliphatic rings. The molecular formula is C19H15ClF5NO6. The van der Waals surface area contributed by atoms with E-state index >= 15 is 0 Å². The maximum Gasteiger partial charge on any atom is 0.418 e. The molecule has 174 valence electrons. The minimum Gasteiger partial charge on any atom is -0.479 e. The third-order valence-corrected chi connectivity index (χ3v) is 4.76. The Morgan fingerprint density at radius 1 is 1.19 bits per heavy atom. The largest absolute Gasteiger partial charge is 0.479 e. The van der Waals surface area contributed by atoms with Crippen LogP contribution in [0, 0.1) is 5.82 Å². The second-order valence-electron chi connectivity index (χ2n) is 6.40. The Balaban J connectivity index is 2.93. The molecule has 0 aliphatic carbocycles. The van der Waals surface area contributed by atoms with Crippen molar-refractivity contribution >= 4 is 29.5 Å². The molecule has 0 saturated carbocycles. The molecule has 1 atom stereocenters. The molecule has 7 nitrogen and oxygen atoms in total. The van der Waals surface area contributed by atoms with E-state index < -0.39 is 82.1 Å². The van der Waals surface area contributed by atoms with Crippen LogP contribution in [0.3, 0.4) is 0 Å². The number of halogens is 6. The molecule has 32 heavy (non-hydrogen) atoms. The highest BCUT2D eigenvalue weighted by Crippen LogP contribution is 2.47. The van der Waals surface area contributed by atoms with Crippen molar-refractivity contribution in [3.63, 3.8) is 0 Å². The van der Waals surface area contributed by atoms with Crippen LogP contribution in [-0.2, 0) is 30.0 Å². The fraction of sp³-hybridized carbons (Fsp3) is 0.316. The van der Waals surface area contributed by atoms with Crippen molar-refractivity contribution in [3.05, 3.63) is 56.6 Å². The van der Waals surface area contributed by atoms with E-state index in [0.717, 1.165) is 14.0 Å². The standard InChI is InChI=1S/C19H15ClF5NO6/c1-7-12(18(30)32-6-11(27)28)15(14(17(29)31-2)10(5-21)26-7)13-9(22)4-3-8(20)16(13)19(23,24)25/h3-4,15,26H,5-6H2,1-2H3,(H,27,28). The van der Waals surface area contributed by atoms with Crippen molar-refractivity contribution in [2.45, 2.75) is 19.0 Å². The number of allylic oxidation sites excluding steroid dienone is 2. The quantitative estimate of drug-likeness (QED) is 0.472. The van der Waals surface area contributed by atoms with Gasteiger partial charge in [0.15, 0.2) is 6.61 Å². The zero-order valence-electron chi connectivity index (χ0n) is 16.4. The SMILES string of the molecule is COC(=O)C1=C(CF)NC(C)=C(C(=O)OCC(=O)O)C1c1c(F)ccc(Cl)c1C(F)(F)F. The van der Waals surface area contributed by atoms with Gasteiger partial charge < -0.3 is 19.9 Å². The molecule has 2 N–H and O–H groups in total. The Kier molecular flexibility index (Phi) is 7.50. The smallest absolute Gasteiger partial charge is 0.418 e. The van der Waals surface area contributed by atoms with Crippen LogP contribution in [0.25, 0.3) is 0 Å². The lowest BCUT2D eigenvalue weighted by molar-refractivity contribution is -0.152. The van der Waals surface area contributed by atoms with Crippen LogP contribution in [-0.4, -0.2) is 43.4 Å². The summed E-state index contributed by atoms with van der Waals surface area (Å²) in [6.07, 6.45) is -5.25. The molecule has 1 aromatic carbocycles. The van der Waals surface area contributed by atoms with Gasteiger partial charge in [-0.2, -0.15) is 13.2 Å². The number of carboxylic acids is 1. The Bertz CT molecular complexity index is 1030. The molecule has 1 aromatic rings. The number of methoxy groups -OCH3 is 1. The first-order chi connectivity index (χ1) is 14.8. The number of carbonyl (C=O) groups is 3. The van der Waals surface area contributed by atoms with Gasteiger partial charge in [0.1, 0.15) is 12.5 Å². The number of ether oxygens (including phenoxy) is 2. The van der Waals surface area contributed by atoms with Crippen molar-refractivity contribution in [3.8, 4) is 0 Å². The molecule has 1 heterocycles. The first-order valence-electron chi connectivity index (χ1n) is 8.64. The molecule has 0 amide bonds. The number of hydrogen-bond donors (Lipinski definition) is 2. The van der Waals surface area contributed by atoms with Gasteiger partial charge in [-0.05, 0) is 19.1 Å². The van der Waals surface area contributed by atoms with E-state index in [1.807, 2.05) is 0 Å². The number of hydrogen-bond acceptors (Lipinski definition) is 6. The number of rotatable bonds is 6. The van der Waals surface area contributed by atoms with Crippen LogP contribution in [0.15, 0.2) is 34.7 Å². The van der Waals surface area contributed by atoms with Crippen molar-refractivity contribution in [2.75, 3.05) is 20.4 Å². The monoisotopic (exact) mass is 483 g/mol. The molecule has 0 bridgehead atoms. The number of nitrogens with one attached hydrogen (secondary N) is 1. The number of carbonyl (C=O) groups excluding carboxylic acids is 2. The topological polar surface area (TPSA) is 102 Å². The van der Waals surface area contributed by atoms with E-state index in [1.165, 1.54) is 0 Å². The Hall–Kier alpha value is -3.15. The molecule has 0 saturated heterocycles. The molecule has 1 unspecified atom stereocenters. The second kappa shape index (κ2) is 9.55. The van der Waals surface area contributed by atoms with Crippen LogP contribution in [0.4, 0.5) is 22.0 Å². The summed E-state index contributed by atoms with van der Waals surface area (Å²) in [5.74, 6) is -8.11. The van der Waals surface area contributed by atoms with Gasteiger partial charge in [0.25, 0.3) is 0 Å². The van der Waals surface area contributed by atoms with Crippen molar-refractivity contribution in [1.29, 1.82) is 0 Å². The second-order valence-corrected chi connectivity index (χ2v) is 6.81. The summed E-state index contributed by atoms with van der Waals surface area (Å²) >= 11 is 5.68. The molecule has 2 rings (SSSR count). The Morgan fingerprint density at radius 2 is 1.81 bits per heavy atom. The average molecular weight is 484 g/mol. The Labute approximate surface area is 182 Å². The summed E-state index contributed by atoms with van der Waals surface area (Å²) in [6.45, 7) is -1.47. The third-order valence-electron chi connectivity index (χ3n) is 4.44. The minimum absolute atomic E-state index is 0.293. The summed E-state index contributed by atoms with van der Waals surface area (Å²) in [7, 11) is 0.842. The molecule has 13 heteroatoms. The van der Waals surface area contributed by atoms with E-state index in [4.69, 9.17) is 16.7 Å². The van der Waals surface area contributed by atoms with Crippen LogP contribution in [0.1, 0.15) is 24.0 Å². The summed E-state index contributed by atoms with van der Waals surface area (Å²) in [5.41, 5.74) is -5.42. The normalized spacial score (nSPS) is 16.6. The van der Waals surface area contributed by atoms with Gasteiger partial charge in [0, 0.05) is 11.3 Å². The van der Waals surface area contributed by atoms with Gasteiger partial charge in [-0.15, -0.1) is 0 Å². The van der Waals surface area contributed by atoms with Gasteiger partial charge in [-0.3, -0.25) is 0 Å². The predicted octanol–water partition coefficient (Wildman–Crippen LogP) is 3.48. The summed E-state index contributed by atoms with van der Waals surface area (Å²) < 4.78 is 79.1. The maximum atomic E-state index is 14.9. The number of esters is 2. The van der Waals surface area contributed by atoms with Crippen LogP contribution in [0.5, 0.6) is 0 Å². The van der Waals surface area contributed by atoms with E-state index in [9.17, 15) is 36.3 Å². The highest BCUT2D eigenvalue weighted by Gasteiger charge is 2.46. The summed E-state index contributed by atoms with van der Waals surface area (Å²) in [5, 5.41) is 10.1. The first kappa shape index (κ1) is 25.1. The lowest BCUT2D eigenvalue weighted by Crippen LogP contribution is -2.35. The van der Waals surface area contributed by atoms with E-state index in [2.05, 4.69) is 14.8 Å². The number of aliphatic carboxylic acids is 1. The number of dihydropyridines is 1. The lowest BCUT2D eigenvalue weighted by Gasteiger charge is -2.32. The summed E-state index contributed by atoms with van der Waals surface area (Å²) in [4.78, 5) is 35.8. The first-order valence-corrected chi connectivity index (χ1v) is 9.02. The van der Waals surface area contributed by atoms with Gasteiger partial charge in [-0.1, -0.05) is 11.6 Å². The molecule has 0 aromatic heterocycles. The molecule has 0 spiro atoms. The van der Waals surface area contributed by atoms with Crippen LogP contribution >= 0.6 is 11.6 Å². The molecule has 0 fully saturated rings. The fourth-order valence-electron chi connectivity index (χ4n) is 3.25. The predicted molar refractivity (Wildman–Crippen MR) is 98.6 cm³/mol. The van der Waals surface area contributed by atoms with Gasteiger partial charge in [0.05, 0.1) is 40.5 Å². The zero-order chi connectivity index (χ0) is 24.4. The van der Waals surface area contributed by atoms with Crippen molar-refractivity contribution in [2.24, 2.45) is 0 Å². The highest BCUT2D eigenvalue weighted by atomic mass is 35.5. The molecule has 0 radical (unpaired) electrons. The molecular weight excluding hydrogens is 469 g/mol. The minimum atomic E-state index is -5.25. The third kappa shape index (κ3) is 4.85. The van der Waals surface area contributed by atoms with Gasteiger partial charge >= 0.3 is 24.1 Å². The number of carboxylic acid groups (broad SMARTS) is 1. The van der Waals surface area contributed by atoms with Gasteiger partial charge in [0.2, 0.25) is 0 Å². The van der Waals surface area contributed by atoms with Crippen molar-refractivity contribution < 1.29 is 50.9 Å². The maximum absolute atomic E-state index is 14.9. The van der Waals surface area contributed by atoms with Crippen LogP contribution < -0.4 is 5.32 Å². The lowest BCUT2D eigenvalue weighted by atomic mass is 9.78. The van der Waals surface area contributed by atoms with Gasteiger partial charge in [-0.25, -0.2) is 23.2 Å². The summed E-state index contributed by atoms with van der Waals surface area (Å²) in [6, 6.07) is 1.20. The van der Waals surface area contributed by atoms with E-state index in [-0.39, 0.29) is 5.70 Å². The van der Waals surface area contributed by atoms with Crippen LogP contribution in [0.2, 0.25) is 5.02 Å². The Morgan fingerprint density at radius 3 is 2.31 bits per heavy atom. The average Bonchev–Trinajstić information content (AvgIpc) is 2.71. The number of benzene rings is 1. The van der Waals surface area contributed by atoms with Crippen molar-refractivity contribution in [1.82, 2.24) is 5.32 Å².